The van der Waals surface area contributed by atoms with Crippen LogP contribution in [0.5, 0.6) is 5.88 Å². The number of aryl methyl sites for hydroxylation is 1. The standard InChI is InChI=1S/C16H23N5O2/c1-21-8-7-19-15(21)14-12(4-3-9-23-14)10-17-11-13-16(22-2)20-6-5-18-13/h5-8,12,14,17H,3-4,9-11H2,1-2H3/t12-,14+/m0/s1. The molecule has 1 N–H and O–H groups in total. The van der Waals surface area contributed by atoms with E-state index in [0.29, 0.717) is 18.3 Å². The van der Waals surface area contributed by atoms with Gasteiger partial charge in [-0.25, -0.2) is 9.97 Å². The molecule has 2 aromatic rings. The van der Waals surface area contributed by atoms with E-state index in [1.165, 1.54) is 0 Å². The minimum atomic E-state index is 0.0417. The van der Waals surface area contributed by atoms with E-state index in [9.17, 15) is 0 Å². The topological polar surface area (TPSA) is 74.1 Å². The van der Waals surface area contributed by atoms with Crippen molar-refractivity contribution >= 4 is 0 Å². The molecule has 1 fully saturated rings. The summed E-state index contributed by atoms with van der Waals surface area (Å²) in [5.74, 6) is 1.96. The van der Waals surface area contributed by atoms with Crippen LogP contribution in [0.2, 0.25) is 0 Å². The van der Waals surface area contributed by atoms with Crippen molar-refractivity contribution in [3.05, 3.63) is 36.3 Å². The molecular formula is C16H23N5O2. The van der Waals surface area contributed by atoms with Gasteiger partial charge in [-0.2, -0.15) is 0 Å². The Morgan fingerprint density at radius 3 is 2.96 bits per heavy atom. The second-order valence-electron chi connectivity index (χ2n) is 5.73. The molecule has 7 nitrogen and oxygen atoms in total. The minimum absolute atomic E-state index is 0.0417. The van der Waals surface area contributed by atoms with Crippen molar-refractivity contribution in [3.8, 4) is 5.88 Å². The molecule has 1 aliphatic heterocycles. The van der Waals surface area contributed by atoms with Crippen LogP contribution in [-0.2, 0) is 18.3 Å². The lowest BCUT2D eigenvalue weighted by molar-refractivity contribution is -0.0344. The highest BCUT2D eigenvalue weighted by Crippen LogP contribution is 2.32. The maximum atomic E-state index is 5.99. The molecule has 3 rings (SSSR count). The van der Waals surface area contributed by atoms with Gasteiger partial charge in [0.15, 0.2) is 0 Å². The Morgan fingerprint density at radius 1 is 1.30 bits per heavy atom. The Hall–Kier alpha value is -1.99. The fraction of sp³-hybridized carbons (Fsp3) is 0.562. The summed E-state index contributed by atoms with van der Waals surface area (Å²) >= 11 is 0. The average molecular weight is 317 g/mol. The van der Waals surface area contributed by atoms with Gasteiger partial charge in [0.25, 0.3) is 0 Å². The molecule has 3 heterocycles. The molecule has 0 spiro atoms. The first-order valence-electron chi connectivity index (χ1n) is 7.93. The van der Waals surface area contributed by atoms with Crippen LogP contribution in [0, 0.1) is 5.92 Å². The molecule has 0 aliphatic carbocycles. The summed E-state index contributed by atoms with van der Waals surface area (Å²) in [4.78, 5) is 12.9. The Kier molecular flexibility index (Phi) is 5.19. The summed E-state index contributed by atoms with van der Waals surface area (Å²) in [7, 11) is 3.62. The van der Waals surface area contributed by atoms with Crippen LogP contribution in [-0.4, -0.2) is 39.8 Å². The van der Waals surface area contributed by atoms with E-state index in [2.05, 4.69) is 20.3 Å². The van der Waals surface area contributed by atoms with Crippen molar-refractivity contribution in [2.75, 3.05) is 20.3 Å². The number of rotatable bonds is 6. The second-order valence-corrected chi connectivity index (χ2v) is 5.73. The Balaban J connectivity index is 1.61. The van der Waals surface area contributed by atoms with Gasteiger partial charge in [-0.15, -0.1) is 0 Å². The van der Waals surface area contributed by atoms with Crippen LogP contribution >= 0.6 is 0 Å². The van der Waals surface area contributed by atoms with E-state index in [0.717, 1.165) is 37.5 Å². The van der Waals surface area contributed by atoms with E-state index in [1.54, 1.807) is 19.5 Å². The first-order chi connectivity index (χ1) is 11.3. The fourth-order valence-electron chi connectivity index (χ4n) is 3.01. The van der Waals surface area contributed by atoms with Gasteiger partial charge in [0.05, 0.1) is 7.11 Å². The fourth-order valence-corrected chi connectivity index (χ4v) is 3.01. The third-order valence-corrected chi connectivity index (χ3v) is 4.19. The molecule has 2 atom stereocenters. The predicted octanol–water partition coefficient (Wildman–Crippen LogP) is 1.48. The molecule has 0 saturated carbocycles. The quantitative estimate of drug-likeness (QED) is 0.870. The molecule has 1 saturated heterocycles. The molecule has 0 radical (unpaired) electrons. The lowest BCUT2D eigenvalue weighted by atomic mass is 9.93. The van der Waals surface area contributed by atoms with E-state index in [4.69, 9.17) is 9.47 Å². The molecular weight excluding hydrogens is 294 g/mol. The van der Waals surface area contributed by atoms with Crippen LogP contribution in [0.25, 0.3) is 0 Å². The van der Waals surface area contributed by atoms with Gasteiger partial charge >= 0.3 is 0 Å². The molecule has 0 unspecified atom stereocenters. The highest BCUT2D eigenvalue weighted by molar-refractivity contribution is 5.16. The Bertz CT molecular complexity index is 630. The van der Waals surface area contributed by atoms with Gasteiger partial charge in [0.2, 0.25) is 5.88 Å². The summed E-state index contributed by atoms with van der Waals surface area (Å²) in [6.07, 6.45) is 9.35. The largest absolute Gasteiger partial charge is 0.480 e. The smallest absolute Gasteiger partial charge is 0.236 e. The number of aromatic nitrogens is 4. The maximum absolute atomic E-state index is 5.99. The van der Waals surface area contributed by atoms with Gasteiger partial charge < -0.3 is 19.4 Å². The van der Waals surface area contributed by atoms with Crippen LogP contribution in [0.4, 0.5) is 0 Å². The molecule has 0 amide bonds. The van der Waals surface area contributed by atoms with Crippen LogP contribution in [0.3, 0.4) is 0 Å². The number of hydrogen-bond donors (Lipinski definition) is 1. The first-order valence-corrected chi connectivity index (χ1v) is 7.93. The van der Waals surface area contributed by atoms with E-state index < -0.39 is 0 Å². The second kappa shape index (κ2) is 7.52. The number of methoxy groups -OCH3 is 1. The summed E-state index contributed by atoms with van der Waals surface area (Å²) in [6, 6.07) is 0. The Labute approximate surface area is 136 Å². The molecule has 1 aliphatic rings. The number of imidazole rings is 1. The molecule has 0 bridgehead atoms. The number of nitrogens with one attached hydrogen (secondary N) is 1. The number of ether oxygens (including phenoxy) is 2. The summed E-state index contributed by atoms with van der Waals surface area (Å²) in [5.41, 5.74) is 0.820. The van der Waals surface area contributed by atoms with Crippen molar-refractivity contribution in [3.63, 3.8) is 0 Å². The zero-order valence-electron chi connectivity index (χ0n) is 13.6. The Morgan fingerprint density at radius 2 is 2.17 bits per heavy atom. The van der Waals surface area contributed by atoms with Crippen molar-refractivity contribution < 1.29 is 9.47 Å². The molecule has 2 aromatic heterocycles. The predicted molar refractivity (Wildman–Crippen MR) is 84.9 cm³/mol. The molecule has 124 valence electrons. The monoisotopic (exact) mass is 317 g/mol. The third kappa shape index (κ3) is 3.68. The summed E-state index contributed by atoms with van der Waals surface area (Å²) < 4.78 is 13.3. The van der Waals surface area contributed by atoms with E-state index in [1.807, 2.05) is 24.0 Å². The lowest BCUT2D eigenvalue weighted by Gasteiger charge is -2.31. The first kappa shape index (κ1) is 15.9. The van der Waals surface area contributed by atoms with Crippen molar-refractivity contribution in [2.24, 2.45) is 13.0 Å². The van der Waals surface area contributed by atoms with Gasteiger partial charge in [-0.05, 0) is 12.8 Å². The van der Waals surface area contributed by atoms with Crippen molar-refractivity contribution in [1.82, 2.24) is 24.8 Å². The van der Waals surface area contributed by atoms with Crippen molar-refractivity contribution in [1.29, 1.82) is 0 Å². The van der Waals surface area contributed by atoms with Crippen LogP contribution in [0.1, 0.15) is 30.5 Å². The molecule has 7 heteroatoms. The van der Waals surface area contributed by atoms with Crippen molar-refractivity contribution in [2.45, 2.75) is 25.5 Å². The summed E-state index contributed by atoms with van der Waals surface area (Å²) in [6.45, 7) is 2.27. The normalized spacial score (nSPS) is 21.3. The lowest BCUT2D eigenvalue weighted by Crippen LogP contribution is -2.33. The van der Waals surface area contributed by atoms with Gasteiger partial charge in [-0.1, -0.05) is 0 Å². The zero-order chi connectivity index (χ0) is 16.1. The highest BCUT2D eigenvalue weighted by atomic mass is 16.5. The van der Waals surface area contributed by atoms with Crippen LogP contribution in [0.15, 0.2) is 24.8 Å². The maximum Gasteiger partial charge on any atom is 0.236 e. The molecule has 23 heavy (non-hydrogen) atoms. The van der Waals surface area contributed by atoms with Gasteiger partial charge in [0, 0.05) is 57.4 Å². The van der Waals surface area contributed by atoms with Crippen LogP contribution < -0.4 is 10.1 Å². The summed E-state index contributed by atoms with van der Waals surface area (Å²) in [5, 5.41) is 3.46. The highest BCUT2D eigenvalue weighted by Gasteiger charge is 2.29. The minimum Gasteiger partial charge on any atom is -0.480 e. The number of nitrogens with zero attached hydrogens (tertiary/aromatic N) is 4. The van der Waals surface area contributed by atoms with E-state index in [-0.39, 0.29) is 6.10 Å². The third-order valence-electron chi connectivity index (χ3n) is 4.19. The van der Waals surface area contributed by atoms with E-state index >= 15 is 0 Å². The van der Waals surface area contributed by atoms with Gasteiger partial charge in [0.1, 0.15) is 17.6 Å². The zero-order valence-corrected chi connectivity index (χ0v) is 13.6. The SMILES string of the molecule is COc1nccnc1CNC[C@@H]1CCCO[C@H]1c1nccn1C. The number of hydrogen-bond acceptors (Lipinski definition) is 6. The average Bonchev–Trinajstić information content (AvgIpc) is 3.01. The van der Waals surface area contributed by atoms with Gasteiger partial charge in [-0.3, -0.25) is 4.98 Å². The molecule has 0 aromatic carbocycles.